The van der Waals surface area contributed by atoms with E-state index in [9.17, 15) is 16.8 Å². The maximum absolute atomic E-state index is 11.8. The molecule has 0 bridgehead atoms. The number of hydrogen-bond donors (Lipinski definition) is 1. The standard InChI is InChI=1S/C22H19NO5S2/c1-29(24,25)18-10-6-15(7-11-18)20-14-17-4-2-3-5-21(17)28-22(20)16-8-12-19(13-9-16)30(23,26)27/h2-13H,14H2,1H3,(H2,23,26,27). The van der Waals surface area contributed by atoms with Crippen molar-refractivity contribution in [2.24, 2.45) is 5.14 Å². The smallest absolute Gasteiger partial charge is 0.238 e. The van der Waals surface area contributed by atoms with E-state index in [4.69, 9.17) is 9.88 Å². The lowest BCUT2D eigenvalue weighted by Crippen LogP contribution is -2.13. The van der Waals surface area contributed by atoms with E-state index in [2.05, 4.69) is 0 Å². The van der Waals surface area contributed by atoms with Crippen LogP contribution >= 0.6 is 0 Å². The number of sulfonamides is 1. The first-order chi connectivity index (χ1) is 14.1. The van der Waals surface area contributed by atoms with Crippen molar-refractivity contribution < 1.29 is 21.6 Å². The van der Waals surface area contributed by atoms with Crippen molar-refractivity contribution in [2.45, 2.75) is 16.2 Å². The van der Waals surface area contributed by atoms with E-state index < -0.39 is 19.9 Å². The van der Waals surface area contributed by atoms with Gasteiger partial charge in [0, 0.05) is 23.8 Å². The molecule has 0 aromatic heterocycles. The third kappa shape index (κ3) is 4.02. The predicted molar refractivity (Wildman–Crippen MR) is 115 cm³/mol. The highest BCUT2D eigenvalue weighted by molar-refractivity contribution is 7.90. The van der Waals surface area contributed by atoms with Crippen LogP contribution in [-0.2, 0) is 26.3 Å². The van der Waals surface area contributed by atoms with Crippen LogP contribution in [0.4, 0.5) is 0 Å². The van der Waals surface area contributed by atoms with Crippen LogP contribution in [-0.4, -0.2) is 23.1 Å². The highest BCUT2D eigenvalue weighted by atomic mass is 32.2. The molecule has 1 aliphatic heterocycles. The van der Waals surface area contributed by atoms with Crippen molar-refractivity contribution in [1.29, 1.82) is 0 Å². The van der Waals surface area contributed by atoms with E-state index in [0.717, 1.165) is 22.4 Å². The van der Waals surface area contributed by atoms with Crippen LogP contribution in [0, 0.1) is 0 Å². The Labute approximate surface area is 175 Å². The van der Waals surface area contributed by atoms with E-state index in [1.54, 1.807) is 36.4 Å². The highest BCUT2D eigenvalue weighted by Crippen LogP contribution is 2.39. The summed E-state index contributed by atoms with van der Waals surface area (Å²) in [5, 5.41) is 5.20. The van der Waals surface area contributed by atoms with Crippen LogP contribution in [0.5, 0.6) is 5.75 Å². The lowest BCUT2D eigenvalue weighted by Gasteiger charge is -2.24. The quantitative estimate of drug-likeness (QED) is 0.669. The Morgan fingerprint density at radius 2 is 1.33 bits per heavy atom. The normalized spacial score (nSPS) is 14.2. The van der Waals surface area contributed by atoms with E-state index >= 15 is 0 Å². The summed E-state index contributed by atoms with van der Waals surface area (Å²) in [7, 11) is -7.10. The number of rotatable bonds is 4. The molecule has 0 saturated heterocycles. The zero-order valence-corrected chi connectivity index (χ0v) is 17.7. The average molecular weight is 442 g/mol. The topological polar surface area (TPSA) is 104 Å². The maximum Gasteiger partial charge on any atom is 0.238 e. The summed E-state index contributed by atoms with van der Waals surface area (Å²) in [6.07, 6.45) is 1.75. The molecule has 0 atom stereocenters. The number of fused-ring (bicyclic) bond motifs is 1. The van der Waals surface area contributed by atoms with Crippen LogP contribution < -0.4 is 9.88 Å². The average Bonchev–Trinajstić information content (AvgIpc) is 2.72. The minimum absolute atomic E-state index is 0.0158. The van der Waals surface area contributed by atoms with Gasteiger partial charge in [0.2, 0.25) is 10.0 Å². The molecule has 4 rings (SSSR count). The number of benzene rings is 3. The molecule has 0 amide bonds. The third-order valence-electron chi connectivity index (χ3n) is 4.90. The van der Waals surface area contributed by atoms with Crippen LogP contribution in [0.25, 0.3) is 11.3 Å². The molecule has 0 aliphatic carbocycles. The van der Waals surface area contributed by atoms with Gasteiger partial charge in [-0.05, 0) is 53.6 Å². The molecule has 0 fully saturated rings. The molecule has 0 saturated carbocycles. The van der Waals surface area contributed by atoms with Crippen LogP contribution in [0.15, 0.2) is 82.6 Å². The molecule has 154 valence electrons. The zero-order valence-electron chi connectivity index (χ0n) is 16.1. The second-order valence-corrected chi connectivity index (χ2v) is 10.6. The molecule has 0 radical (unpaired) electrons. The molecular weight excluding hydrogens is 422 g/mol. The molecule has 0 unspecified atom stereocenters. The summed E-state index contributed by atoms with van der Waals surface area (Å²) in [6, 6.07) is 20.5. The molecule has 2 N–H and O–H groups in total. The first-order valence-corrected chi connectivity index (χ1v) is 12.5. The molecule has 1 aliphatic rings. The molecule has 3 aromatic rings. The Morgan fingerprint density at radius 3 is 1.93 bits per heavy atom. The Kier molecular flexibility index (Phi) is 5.01. The number of hydrogen-bond acceptors (Lipinski definition) is 5. The van der Waals surface area contributed by atoms with Crippen molar-refractivity contribution in [1.82, 2.24) is 0 Å². The molecule has 3 aromatic carbocycles. The number of sulfone groups is 1. The second kappa shape index (κ2) is 7.39. The Balaban J connectivity index is 1.84. The SMILES string of the molecule is CS(=O)(=O)c1ccc(C2=C(c3ccc(S(N)(=O)=O)cc3)Oc3ccccc3C2)cc1. The zero-order chi connectivity index (χ0) is 21.5. The fraction of sp³-hybridized carbons (Fsp3) is 0.0909. The summed E-state index contributed by atoms with van der Waals surface area (Å²) in [5.74, 6) is 1.31. The van der Waals surface area contributed by atoms with E-state index in [1.165, 1.54) is 18.4 Å². The predicted octanol–water partition coefficient (Wildman–Crippen LogP) is 3.24. The van der Waals surface area contributed by atoms with Gasteiger partial charge in [-0.3, -0.25) is 0 Å². The van der Waals surface area contributed by atoms with Crippen molar-refractivity contribution >= 4 is 31.2 Å². The number of primary sulfonamides is 1. The van der Waals surface area contributed by atoms with Gasteiger partial charge < -0.3 is 4.74 Å². The van der Waals surface area contributed by atoms with Gasteiger partial charge in [0.1, 0.15) is 11.5 Å². The summed E-state index contributed by atoms with van der Waals surface area (Å²) >= 11 is 0. The number of allylic oxidation sites excluding steroid dienone is 1. The number of nitrogens with two attached hydrogens (primary N) is 1. The van der Waals surface area contributed by atoms with Gasteiger partial charge in [0.05, 0.1) is 9.79 Å². The first-order valence-electron chi connectivity index (χ1n) is 9.05. The van der Waals surface area contributed by atoms with Crippen LogP contribution in [0.2, 0.25) is 0 Å². The largest absolute Gasteiger partial charge is 0.456 e. The summed E-state index contributed by atoms with van der Waals surface area (Å²) in [6.45, 7) is 0. The van der Waals surface area contributed by atoms with Crippen molar-refractivity contribution in [3.63, 3.8) is 0 Å². The summed E-state index contributed by atoms with van der Waals surface area (Å²) < 4.78 is 52.9. The third-order valence-corrected chi connectivity index (χ3v) is 6.96. The van der Waals surface area contributed by atoms with Gasteiger partial charge >= 0.3 is 0 Å². The van der Waals surface area contributed by atoms with Gasteiger partial charge in [-0.1, -0.05) is 30.3 Å². The summed E-state index contributed by atoms with van der Waals surface area (Å²) in [5.41, 5.74) is 3.39. The molecular formula is C22H19NO5S2. The summed E-state index contributed by atoms with van der Waals surface area (Å²) in [4.78, 5) is 0.255. The highest BCUT2D eigenvalue weighted by Gasteiger charge is 2.23. The van der Waals surface area contributed by atoms with Crippen LogP contribution in [0.1, 0.15) is 16.7 Å². The fourth-order valence-corrected chi connectivity index (χ4v) is 4.50. The second-order valence-electron chi connectivity index (χ2n) is 7.06. The van der Waals surface area contributed by atoms with Gasteiger partial charge in [0.25, 0.3) is 0 Å². The monoisotopic (exact) mass is 441 g/mol. The minimum atomic E-state index is -3.80. The van der Waals surface area contributed by atoms with Gasteiger partial charge in [0.15, 0.2) is 9.84 Å². The van der Waals surface area contributed by atoms with Crippen molar-refractivity contribution in [3.8, 4) is 5.75 Å². The minimum Gasteiger partial charge on any atom is -0.456 e. The van der Waals surface area contributed by atoms with Crippen molar-refractivity contribution in [3.05, 3.63) is 89.5 Å². The van der Waals surface area contributed by atoms with E-state index in [0.29, 0.717) is 17.7 Å². The van der Waals surface area contributed by atoms with E-state index in [1.807, 2.05) is 24.3 Å². The molecule has 8 heteroatoms. The lowest BCUT2D eigenvalue weighted by molar-refractivity contribution is 0.502. The fourth-order valence-electron chi connectivity index (χ4n) is 3.36. The number of ether oxygens (including phenoxy) is 1. The van der Waals surface area contributed by atoms with Gasteiger partial charge in [-0.2, -0.15) is 0 Å². The molecule has 1 heterocycles. The van der Waals surface area contributed by atoms with Gasteiger partial charge in [-0.25, -0.2) is 22.0 Å². The van der Waals surface area contributed by atoms with Crippen molar-refractivity contribution in [2.75, 3.05) is 6.26 Å². The van der Waals surface area contributed by atoms with Crippen LogP contribution in [0.3, 0.4) is 0 Å². The molecule has 0 spiro atoms. The molecule has 6 nitrogen and oxygen atoms in total. The Morgan fingerprint density at radius 1 is 0.767 bits per heavy atom. The van der Waals surface area contributed by atoms with Gasteiger partial charge in [-0.15, -0.1) is 0 Å². The lowest BCUT2D eigenvalue weighted by atomic mass is 9.92. The first kappa shape index (κ1) is 20.3. The Hall–Kier alpha value is -2.94. The maximum atomic E-state index is 11.8. The number of para-hydroxylation sites is 1. The Bertz CT molecular complexity index is 1250. The molecule has 30 heavy (non-hydrogen) atoms. The van der Waals surface area contributed by atoms with E-state index in [-0.39, 0.29) is 9.79 Å².